The Bertz CT molecular complexity index is 1710. The Kier molecular flexibility index (Phi) is 6.87. The summed E-state index contributed by atoms with van der Waals surface area (Å²) in [5.41, 5.74) is 1.22. The highest BCUT2D eigenvalue weighted by Crippen LogP contribution is 2.51. The largest absolute Gasteiger partial charge is 0.481 e. The van der Waals surface area contributed by atoms with Gasteiger partial charge in [-0.05, 0) is 57.1 Å². The number of ether oxygens (including phenoxy) is 2. The van der Waals surface area contributed by atoms with Gasteiger partial charge in [-0.25, -0.2) is 9.97 Å². The molecule has 3 aliphatic rings. The van der Waals surface area contributed by atoms with Gasteiger partial charge in [0.1, 0.15) is 17.4 Å². The lowest BCUT2D eigenvalue weighted by Gasteiger charge is -2.43. The first-order chi connectivity index (χ1) is 20.3. The lowest BCUT2D eigenvalue weighted by molar-refractivity contribution is 0.246. The van der Waals surface area contributed by atoms with Crippen LogP contribution in [0.3, 0.4) is 0 Å². The van der Waals surface area contributed by atoms with Crippen LogP contribution in [0.15, 0.2) is 53.6 Å². The molecule has 10 nitrogen and oxygen atoms in total. The molecule has 0 bridgehead atoms. The number of piperidine rings is 1. The zero-order valence-electron chi connectivity index (χ0n) is 23.6. The molecule has 2 aliphatic heterocycles. The van der Waals surface area contributed by atoms with Crippen molar-refractivity contribution < 1.29 is 9.47 Å². The van der Waals surface area contributed by atoms with Crippen LogP contribution in [0.4, 0.5) is 11.6 Å². The van der Waals surface area contributed by atoms with Gasteiger partial charge in [-0.15, -0.1) is 0 Å². The summed E-state index contributed by atoms with van der Waals surface area (Å²) in [7, 11) is 5.75. The fourth-order valence-corrected chi connectivity index (χ4v) is 6.45. The van der Waals surface area contributed by atoms with Crippen molar-refractivity contribution >= 4 is 45.9 Å². The molecular weight excluding hydrogens is 577 g/mol. The molecule has 0 N–H and O–H groups in total. The molecule has 0 spiro atoms. The van der Waals surface area contributed by atoms with E-state index in [4.69, 9.17) is 42.6 Å². The fraction of sp³-hybridized carbons (Fsp3) is 0.400. The average molecular weight is 609 g/mol. The number of hydrogen-bond acceptors (Lipinski definition) is 9. The van der Waals surface area contributed by atoms with Crippen molar-refractivity contribution in [3.63, 3.8) is 0 Å². The first-order valence-electron chi connectivity index (χ1n) is 14.0. The summed E-state index contributed by atoms with van der Waals surface area (Å²) in [6.45, 7) is 2.26. The molecule has 0 radical (unpaired) electrons. The third-order valence-electron chi connectivity index (χ3n) is 8.60. The Labute approximate surface area is 253 Å². The van der Waals surface area contributed by atoms with Crippen LogP contribution >= 0.6 is 23.2 Å². The van der Waals surface area contributed by atoms with Gasteiger partial charge in [0.2, 0.25) is 11.8 Å². The van der Waals surface area contributed by atoms with Crippen molar-refractivity contribution in [2.75, 3.05) is 50.7 Å². The highest BCUT2D eigenvalue weighted by molar-refractivity contribution is 6.33. The molecular formula is C30H31Cl2N7O3. The fourth-order valence-electron chi connectivity index (χ4n) is 6.04. The normalized spacial score (nSPS) is 21.5. The summed E-state index contributed by atoms with van der Waals surface area (Å²) in [6, 6.07) is 11.6. The van der Waals surface area contributed by atoms with Crippen LogP contribution in [0.25, 0.3) is 16.7 Å². The summed E-state index contributed by atoms with van der Waals surface area (Å²) in [5.74, 6) is 2.89. The molecule has 6 heterocycles. The maximum Gasteiger partial charge on any atom is 0.235 e. The van der Waals surface area contributed by atoms with E-state index in [2.05, 4.69) is 33.8 Å². The van der Waals surface area contributed by atoms with Crippen molar-refractivity contribution in [2.45, 2.75) is 31.0 Å². The van der Waals surface area contributed by atoms with Gasteiger partial charge in [-0.3, -0.25) is 9.36 Å². The number of pyridine rings is 4. The van der Waals surface area contributed by atoms with Gasteiger partial charge in [-0.1, -0.05) is 23.2 Å². The standard InChI is InChI=1S/C30H31Cl2N7O3/c1-36(2)20-14-37(15-20)26-6-4-18(13-33-26)38-9-8-25(40)21-12-23(32)29(35-28(21)38)39-19(10-17-11-24(17)39)16-42-30-22(31)5-7-27(34-30)41-3/h4-9,12-13,17,19-20,24H,10-11,14-16H2,1-3H3/t17-,19+,24+/m0/s1. The number of fused-ring (bicyclic) bond motifs is 2. The monoisotopic (exact) mass is 607 g/mol. The van der Waals surface area contributed by atoms with Gasteiger partial charge in [0.05, 0.1) is 35.4 Å². The molecule has 12 heteroatoms. The van der Waals surface area contributed by atoms with Gasteiger partial charge < -0.3 is 24.2 Å². The molecule has 2 saturated heterocycles. The number of hydrogen-bond donors (Lipinski definition) is 0. The van der Waals surface area contributed by atoms with Crippen LogP contribution in [-0.2, 0) is 0 Å². The maximum atomic E-state index is 12.9. The minimum absolute atomic E-state index is 0.0209. The van der Waals surface area contributed by atoms with Gasteiger partial charge in [-0.2, -0.15) is 4.98 Å². The average Bonchev–Trinajstić information content (AvgIpc) is 3.62. The number of methoxy groups -OCH3 is 1. The minimum Gasteiger partial charge on any atom is -0.481 e. The van der Waals surface area contributed by atoms with Gasteiger partial charge in [0.25, 0.3) is 0 Å². The second-order valence-corrected chi connectivity index (χ2v) is 12.2. The molecule has 4 aromatic heterocycles. The van der Waals surface area contributed by atoms with E-state index in [0.717, 1.165) is 37.4 Å². The predicted molar refractivity (Wildman–Crippen MR) is 164 cm³/mol. The summed E-state index contributed by atoms with van der Waals surface area (Å²) in [4.78, 5) is 33.7. The summed E-state index contributed by atoms with van der Waals surface area (Å²) in [5, 5.41) is 1.32. The van der Waals surface area contributed by atoms with Gasteiger partial charge in [0.15, 0.2) is 16.9 Å². The van der Waals surface area contributed by atoms with Crippen molar-refractivity contribution in [2.24, 2.45) is 5.92 Å². The summed E-state index contributed by atoms with van der Waals surface area (Å²) >= 11 is 13.2. The highest BCUT2D eigenvalue weighted by atomic mass is 35.5. The number of rotatable bonds is 8. The molecule has 4 aromatic rings. The second kappa shape index (κ2) is 10.6. The molecule has 1 saturated carbocycles. The molecule has 1 aliphatic carbocycles. The maximum absolute atomic E-state index is 12.9. The van der Waals surface area contributed by atoms with Gasteiger partial charge in [0, 0.05) is 43.5 Å². The Morgan fingerprint density at radius 1 is 1.05 bits per heavy atom. The topological polar surface area (TPSA) is 88.9 Å². The van der Waals surface area contributed by atoms with Crippen LogP contribution in [0.2, 0.25) is 10.0 Å². The molecule has 0 amide bonds. The Hall–Kier alpha value is -3.60. The van der Waals surface area contributed by atoms with E-state index < -0.39 is 0 Å². The predicted octanol–water partition coefficient (Wildman–Crippen LogP) is 4.29. The number of likely N-dealkylation sites (N-methyl/N-ethyl adjacent to an activating group) is 1. The smallest absolute Gasteiger partial charge is 0.235 e. The van der Waals surface area contributed by atoms with E-state index in [-0.39, 0.29) is 11.5 Å². The van der Waals surface area contributed by atoms with Crippen molar-refractivity contribution in [3.8, 4) is 17.4 Å². The number of halogens is 2. The second-order valence-electron chi connectivity index (χ2n) is 11.4. The van der Waals surface area contributed by atoms with E-state index in [1.165, 1.54) is 0 Å². The molecule has 218 valence electrons. The molecule has 3 atom stereocenters. The third-order valence-corrected chi connectivity index (χ3v) is 9.16. The summed E-state index contributed by atoms with van der Waals surface area (Å²) in [6.07, 6.45) is 5.59. The zero-order chi connectivity index (χ0) is 29.1. The van der Waals surface area contributed by atoms with Gasteiger partial charge >= 0.3 is 0 Å². The number of nitrogens with zero attached hydrogens (tertiary/aromatic N) is 7. The molecule has 42 heavy (non-hydrogen) atoms. The molecule has 7 rings (SSSR count). The van der Waals surface area contributed by atoms with Crippen LogP contribution in [0.1, 0.15) is 12.8 Å². The lowest BCUT2D eigenvalue weighted by atomic mass is 10.1. The molecule has 0 unspecified atom stereocenters. The van der Waals surface area contributed by atoms with E-state index in [0.29, 0.717) is 63.3 Å². The first kappa shape index (κ1) is 27.2. The molecule has 0 aromatic carbocycles. The Morgan fingerprint density at radius 3 is 2.62 bits per heavy atom. The highest BCUT2D eigenvalue weighted by Gasteiger charge is 2.53. The quantitative estimate of drug-likeness (QED) is 0.291. The first-order valence-corrected chi connectivity index (χ1v) is 14.8. The van der Waals surface area contributed by atoms with E-state index in [1.807, 2.05) is 22.9 Å². The number of aromatic nitrogens is 4. The third kappa shape index (κ3) is 4.81. The van der Waals surface area contributed by atoms with Crippen molar-refractivity contribution in [3.05, 3.63) is 69.1 Å². The van der Waals surface area contributed by atoms with Crippen LogP contribution in [0.5, 0.6) is 11.8 Å². The molecule has 3 fully saturated rings. The van der Waals surface area contributed by atoms with Crippen LogP contribution < -0.4 is 24.7 Å². The minimum atomic E-state index is -0.133. The van der Waals surface area contributed by atoms with Crippen molar-refractivity contribution in [1.29, 1.82) is 0 Å². The Morgan fingerprint density at radius 2 is 1.88 bits per heavy atom. The lowest BCUT2D eigenvalue weighted by Crippen LogP contribution is -2.57. The van der Waals surface area contributed by atoms with Crippen molar-refractivity contribution in [1.82, 2.24) is 24.4 Å². The van der Waals surface area contributed by atoms with Crippen LogP contribution in [-0.4, -0.2) is 83.4 Å². The zero-order valence-corrected chi connectivity index (χ0v) is 25.1. The van der Waals surface area contributed by atoms with E-state index >= 15 is 0 Å². The van der Waals surface area contributed by atoms with E-state index in [9.17, 15) is 4.79 Å². The Balaban J connectivity index is 1.19. The SMILES string of the molecule is COc1ccc(Cl)c(OC[C@H]2C[C@H]3C[C@H]3N2c2nc3c(cc2Cl)c(=O)ccn3-c2ccc(N3CC(N(C)C)C3)nc2)n1. The summed E-state index contributed by atoms with van der Waals surface area (Å²) < 4.78 is 13.2. The van der Waals surface area contributed by atoms with Crippen LogP contribution in [0, 0.1) is 5.92 Å². The number of anilines is 2. The van der Waals surface area contributed by atoms with E-state index in [1.54, 1.807) is 37.6 Å².